The monoisotopic (exact) mass is 300 g/mol. The van der Waals surface area contributed by atoms with Crippen molar-refractivity contribution in [3.8, 4) is 0 Å². The van der Waals surface area contributed by atoms with Crippen LogP contribution in [-0.4, -0.2) is 25.7 Å². The first-order valence-corrected chi connectivity index (χ1v) is 6.93. The van der Waals surface area contributed by atoms with E-state index in [0.717, 1.165) is 31.7 Å². The average molecular weight is 301 g/mol. The summed E-state index contributed by atoms with van der Waals surface area (Å²) in [7, 11) is 0. The summed E-state index contributed by atoms with van der Waals surface area (Å²) in [5.41, 5.74) is 1.10. The highest BCUT2D eigenvalue weighted by Gasteiger charge is 2.22. The number of rotatable bonds is 4. The van der Waals surface area contributed by atoms with Crippen molar-refractivity contribution < 1.29 is 4.39 Å². The van der Waals surface area contributed by atoms with Crippen LogP contribution < -0.4 is 10.2 Å². The molecule has 94 valence electrons. The van der Waals surface area contributed by atoms with Gasteiger partial charge in [0.05, 0.1) is 4.47 Å². The molecule has 1 atom stereocenters. The molecule has 1 aromatic rings. The van der Waals surface area contributed by atoms with Crippen LogP contribution in [-0.2, 0) is 0 Å². The number of hydrogen-bond donors (Lipinski definition) is 1. The Hall–Kier alpha value is -0.610. The van der Waals surface area contributed by atoms with Crippen LogP contribution in [0.1, 0.15) is 19.8 Å². The summed E-state index contributed by atoms with van der Waals surface area (Å²) in [6.45, 7) is 5.31. The SMILES string of the molecule is CCCNC1CCN(c2ccc(F)c(Br)c2)C1. The van der Waals surface area contributed by atoms with E-state index in [2.05, 4.69) is 33.1 Å². The van der Waals surface area contributed by atoms with E-state index in [1.165, 1.54) is 12.5 Å². The number of benzene rings is 1. The van der Waals surface area contributed by atoms with Crippen molar-refractivity contribution in [2.24, 2.45) is 0 Å². The Morgan fingerprint density at radius 2 is 2.35 bits per heavy atom. The van der Waals surface area contributed by atoms with E-state index < -0.39 is 0 Å². The first-order chi connectivity index (χ1) is 8.20. The second-order valence-corrected chi connectivity index (χ2v) is 5.34. The number of hydrogen-bond acceptors (Lipinski definition) is 2. The summed E-state index contributed by atoms with van der Waals surface area (Å²) in [6.07, 6.45) is 2.33. The molecular weight excluding hydrogens is 283 g/mol. The van der Waals surface area contributed by atoms with Gasteiger partial charge in [-0.15, -0.1) is 0 Å². The third-order valence-electron chi connectivity index (χ3n) is 3.14. The average Bonchev–Trinajstić information content (AvgIpc) is 2.79. The van der Waals surface area contributed by atoms with Gasteiger partial charge in [0.1, 0.15) is 5.82 Å². The lowest BCUT2D eigenvalue weighted by atomic mass is 10.2. The zero-order valence-electron chi connectivity index (χ0n) is 10.0. The molecule has 2 nitrogen and oxygen atoms in total. The van der Waals surface area contributed by atoms with Gasteiger partial charge in [-0.3, -0.25) is 0 Å². The van der Waals surface area contributed by atoms with Crippen LogP contribution in [0.15, 0.2) is 22.7 Å². The van der Waals surface area contributed by atoms with Crippen LogP contribution in [0.2, 0.25) is 0 Å². The van der Waals surface area contributed by atoms with Gasteiger partial charge in [0.2, 0.25) is 0 Å². The molecule has 17 heavy (non-hydrogen) atoms. The summed E-state index contributed by atoms with van der Waals surface area (Å²) in [5, 5.41) is 3.53. The van der Waals surface area contributed by atoms with E-state index in [1.807, 2.05) is 12.1 Å². The molecule has 1 unspecified atom stereocenters. The molecule has 0 saturated carbocycles. The van der Waals surface area contributed by atoms with Crippen LogP contribution in [0.5, 0.6) is 0 Å². The molecule has 0 spiro atoms. The van der Waals surface area contributed by atoms with Gasteiger partial charge in [0, 0.05) is 24.8 Å². The molecule has 1 fully saturated rings. The molecule has 1 aliphatic heterocycles. The molecule has 0 aliphatic carbocycles. The first-order valence-electron chi connectivity index (χ1n) is 6.14. The summed E-state index contributed by atoms with van der Waals surface area (Å²) in [4.78, 5) is 2.30. The Balaban J connectivity index is 1.97. The maximum atomic E-state index is 13.2. The predicted molar refractivity (Wildman–Crippen MR) is 73.0 cm³/mol. The van der Waals surface area contributed by atoms with Gasteiger partial charge in [-0.2, -0.15) is 0 Å². The Morgan fingerprint density at radius 3 is 3.06 bits per heavy atom. The van der Waals surface area contributed by atoms with Gasteiger partial charge < -0.3 is 10.2 Å². The van der Waals surface area contributed by atoms with Crippen molar-refractivity contribution in [1.82, 2.24) is 5.32 Å². The molecule has 1 N–H and O–H groups in total. The fourth-order valence-corrected chi connectivity index (χ4v) is 2.56. The summed E-state index contributed by atoms with van der Waals surface area (Å²) < 4.78 is 13.7. The summed E-state index contributed by atoms with van der Waals surface area (Å²) in [6, 6.07) is 5.80. The Kier molecular flexibility index (Phi) is 4.40. The van der Waals surface area contributed by atoms with Gasteiger partial charge in [0.15, 0.2) is 0 Å². The highest BCUT2D eigenvalue weighted by Crippen LogP contribution is 2.25. The van der Waals surface area contributed by atoms with Crippen molar-refractivity contribution in [1.29, 1.82) is 0 Å². The predicted octanol–water partition coefficient (Wildman–Crippen LogP) is 3.17. The topological polar surface area (TPSA) is 15.3 Å². The van der Waals surface area contributed by atoms with Crippen LogP contribution in [0.25, 0.3) is 0 Å². The summed E-state index contributed by atoms with van der Waals surface area (Å²) >= 11 is 3.23. The quantitative estimate of drug-likeness (QED) is 0.919. The maximum absolute atomic E-state index is 13.2. The standard InChI is InChI=1S/C13H18BrFN2/c1-2-6-16-10-5-7-17(9-10)11-3-4-13(15)12(14)8-11/h3-4,8,10,16H,2,5-7,9H2,1H3. The van der Waals surface area contributed by atoms with Crippen LogP contribution in [0.3, 0.4) is 0 Å². The normalized spacial score (nSPS) is 19.9. The molecule has 2 rings (SSSR count). The zero-order chi connectivity index (χ0) is 12.3. The van der Waals surface area contributed by atoms with Gasteiger partial charge >= 0.3 is 0 Å². The number of nitrogens with zero attached hydrogens (tertiary/aromatic N) is 1. The van der Waals surface area contributed by atoms with E-state index in [4.69, 9.17) is 0 Å². The van der Waals surface area contributed by atoms with Crippen molar-refractivity contribution in [3.63, 3.8) is 0 Å². The number of halogens is 2. The zero-order valence-corrected chi connectivity index (χ0v) is 11.6. The smallest absolute Gasteiger partial charge is 0.137 e. The lowest BCUT2D eigenvalue weighted by molar-refractivity contribution is 0.549. The lowest BCUT2D eigenvalue weighted by Gasteiger charge is -2.19. The van der Waals surface area contributed by atoms with Crippen LogP contribution in [0, 0.1) is 5.82 Å². The first kappa shape index (κ1) is 12.8. The van der Waals surface area contributed by atoms with E-state index in [-0.39, 0.29) is 5.82 Å². The van der Waals surface area contributed by atoms with E-state index in [9.17, 15) is 4.39 Å². The molecule has 0 bridgehead atoms. The van der Waals surface area contributed by atoms with Gasteiger partial charge in [0.25, 0.3) is 0 Å². The second kappa shape index (κ2) is 5.83. The molecule has 1 aromatic carbocycles. The molecular formula is C13H18BrFN2. The number of anilines is 1. The third kappa shape index (κ3) is 3.19. The fourth-order valence-electron chi connectivity index (χ4n) is 2.19. The molecule has 0 aromatic heterocycles. The molecule has 1 aliphatic rings. The molecule has 0 radical (unpaired) electrons. The molecule has 4 heteroatoms. The van der Waals surface area contributed by atoms with Crippen molar-refractivity contribution in [3.05, 3.63) is 28.5 Å². The van der Waals surface area contributed by atoms with Gasteiger partial charge in [-0.1, -0.05) is 6.92 Å². The Bertz CT molecular complexity index is 384. The lowest BCUT2D eigenvalue weighted by Crippen LogP contribution is -2.32. The minimum absolute atomic E-state index is 0.200. The Morgan fingerprint density at radius 1 is 1.53 bits per heavy atom. The fraction of sp³-hybridized carbons (Fsp3) is 0.538. The third-order valence-corrected chi connectivity index (χ3v) is 3.75. The molecule has 1 heterocycles. The highest BCUT2D eigenvalue weighted by atomic mass is 79.9. The van der Waals surface area contributed by atoms with Gasteiger partial charge in [-0.25, -0.2) is 4.39 Å². The van der Waals surface area contributed by atoms with Crippen LogP contribution in [0.4, 0.5) is 10.1 Å². The Labute approximate surface area is 110 Å². The van der Waals surface area contributed by atoms with E-state index in [1.54, 1.807) is 0 Å². The van der Waals surface area contributed by atoms with Crippen molar-refractivity contribution in [2.75, 3.05) is 24.5 Å². The van der Waals surface area contributed by atoms with Crippen molar-refractivity contribution >= 4 is 21.6 Å². The van der Waals surface area contributed by atoms with E-state index in [0.29, 0.717) is 10.5 Å². The van der Waals surface area contributed by atoms with E-state index >= 15 is 0 Å². The van der Waals surface area contributed by atoms with Crippen LogP contribution >= 0.6 is 15.9 Å². The number of nitrogens with one attached hydrogen (secondary N) is 1. The summed E-state index contributed by atoms with van der Waals surface area (Å²) in [5.74, 6) is -0.200. The second-order valence-electron chi connectivity index (χ2n) is 4.48. The van der Waals surface area contributed by atoms with Crippen molar-refractivity contribution in [2.45, 2.75) is 25.8 Å². The van der Waals surface area contributed by atoms with Gasteiger partial charge in [-0.05, 0) is 53.5 Å². The highest BCUT2D eigenvalue weighted by molar-refractivity contribution is 9.10. The largest absolute Gasteiger partial charge is 0.370 e. The maximum Gasteiger partial charge on any atom is 0.137 e. The molecule has 1 saturated heterocycles. The molecule has 0 amide bonds. The minimum atomic E-state index is -0.200. The minimum Gasteiger partial charge on any atom is -0.370 e.